The van der Waals surface area contributed by atoms with E-state index in [-0.39, 0.29) is 12.5 Å². The van der Waals surface area contributed by atoms with Gasteiger partial charge in [0.05, 0.1) is 22.3 Å². The van der Waals surface area contributed by atoms with Crippen LogP contribution in [0.4, 0.5) is 0 Å². The summed E-state index contributed by atoms with van der Waals surface area (Å²) in [5, 5.41) is 5.26. The second-order valence-corrected chi connectivity index (χ2v) is 7.59. The number of nitrogens with one attached hydrogen (secondary N) is 1. The number of carbonyl (C=O) groups excluding carboxylic acids is 1. The van der Waals surface area contributed by atoms with E-state index in [2.05, 4.69) is 10.5 Å². The van der Waals surface area contributed by atoms with Crippen molar-refractivity contribution in [3.63, 3.8) is 0 Å². The van der Waals surface area contributed by atoms with Gasteiger partial charge >= 0.3 is 0 Å². The molecule has 0 aliphatic rings. The molecule has 0 spiro atoms. The van der Waals surface area contributed by atoms with Gasteiger partial charge in [0, 0.05) is 5.39 Å². The van der Waals surface area contributed by atoms with Crippen molar-refractivity contribution in [3.05, 3.63) is 83.9 Å². The normalized spacial score (nSPS) is 12.0. The van der Waals surface area contributed by atoms with Gasteiger partial charge in [-0.25, -0.2) is 15.4 Å². The lowest BCUT2D eigenvalue weighted by Gasteiger charge is -2.07. The summed E-state index contributed by atoms with van der Waals surface area (Å²) in [7, 11) is 0. The quantitative estimate of drug-likeness (QED) is 0.350. The topological polar surface area (TPSA) is 72.2 Å². The molecule has 0 atom stereocenters. The van der Waals surface area contributed by atoms with E-state index in [0.717, 1.165) is 38.7 Å². The number of benzene rings is 3. The summed E-state index contributed by atoms with van der Waals surface area (Å²) >= 11 is 0. The third-order valence-electron chi connectivity index (χ3n) is 5.38. The van der Waals surface area contributed by atoms with Crippen molar-refractivity contribution < 1.29 is 4.79 Å². The van der Waals surface area contributed by atoms with Crippen molar-refractivity contribution in [2.24, 2.45) is 5.10 Å². The summed E-state index contributed by atoms with van der Waals surface area (Å²) in [5.74, 6) is -0.218. The maximum atomic E-state index is 12.8. The van der Waals surface area contributed by atoms with Crippen LogP contribution in [0.25, 0.3) is 33.1 Å². The molecule has 6 heteroatoms. The van der Waals surface area contributed by atoms with Crippen molar-refractivity contribution in [1.82, 2.24) is 20.0 Å². The number of hydrogen-bond acceptors (Lipinski definition) is 4. The minimum atomic E-state index is -0.218. The zero-order chi connectivity index (χ0) is 21.4. The first-order valence-electron chi connectivity index (χ1n) is 10.1. The number of hydrazone groups is 1. The first-order chi connectivity index (χ1) is 15.1. The molecule has 0 aliphatic carbocycles. The first-order valence-corrected chi connectivity index (χ1v) is 10.1. The number of carbonyl (C=O) groups is 1. The number of para-hydroxylation sites is 3. The Morgan fingerprint density at radius 2 is 1.61 bits per heavy atom. The Bertz CT molecular complexity index is 1460. The summed E-state index contributed by atoms with van der Waals surface area (Å²) in [6.07, 6.45) is 0. The first kappa shape index (κ1) is 18.9. The summed E-state index contributed by atoms with van der Waals surface area (Å²) in [5.41, 5.74) is 9.62. The predicted octanol–water partition coefficient (Wildman–Crippen LogP) is 4.59. The lowest BCUT2D eigenvalue weighted by Crippen LogP contribution is -2.24. The Balaban J connectivity index is 1.50. The largest absolute Gasteiger partial charge is 0.314 e. The van der Waals surface area contributed by atoms with Gasteiger partial charge in [-0.05, 0) is 37.6 Å². The number of aryl methyl sites for hydroxylation is 1. The van der Waals surface area contributed by atoms with E-state index in [0.29, 0.717) is 5.65 Å². The fourth-order valence-corrected chi connectivity index (χ4v) is 3.73. The van der Waals surface area contributed by atoms with Gasteiger partial charge in [0.25, 0.3) is 5.91 Å². The number of hydrogen-bond donors (Lipinski definition) is 1. The molecule has 5 rings (SSSR count). The van der Waals surface area contributed by atoms with Gasteiger partial charge in [0.15, 0.2) is 5.65 Å². The van der Waals surface area contributed by atoms with Gasteiger partial charge < -0.3 is 4.57 Å². The van der Waals surface area contributed by atoms with Crippen LogP contribution in [0.15, 0.2) is 77.9 Å². The van der Waals surface area contributed by atoms with E-state index in [4.69, 9.17) is 9.97 Å². The average Bonchev–Trinajstić information content (AvgIpc) is 3.09. The highest BCUT2D eigenvalue weighted by Crippen LogP contribution is 2.28. The van der Waals surface area contributed by atoms with Crippen LogP contribution in [-0.4, -0.2) is 26.2 Å². The van der Waals surface area contributed by atoms with Crippen molar-refractivity contribution in [3.8, 4) is 0 Å². The van der Waals surface area contributed by atoms with Crippen LogP contribution in [0.5, 0.6) is 0 Å². The van der Waals surface area contributed by atoms with E-state index in [9.17, 15) is 4.79 Å². The molecular formula is C25H21N5O. The van der Waals surface area contributed by atoms with Gasteiger partial charge in [0.1, 0.15) is 12.1 Å². The van der Waals surface area contributed by atoms with Crippen LogP contribution >= 0.6 is 0 Å². The highest BCUT2D eigenvalue weighted by atomic mass is 16.2. The molecule has 0 saturated heterocycles. The zero-order valence-corrected chi connectivity index (χ0v) is 17.3. The molecule has 1 N–H and O–H groups in total. The van der Waals surface area contributed by atoms with Gasteiger partial charge in [-0.1, -0.05) is 60.2 Å². The summed E-state index contributed by atoms with van der Waals surface area (Å²) in [4.78, 5) is 22.4. The predicted molar refractivity (Wildman–Crippen MR) is 124 cm³/mol. The molecule has 5 aromatic rings. The number of amides is 1. The maximum absolute atomic E-state index is 12.8. The number of aromatic nitrogens is 3. The van der Waals surface area contributed by atoms with Crippen molar-refractivity contribution >= 4 is 44.7 Å². The molecule has 2 heterocycles. The van der Waals surface area contributed by atoms with E-state index in [1.165, 1.54) is 5.56 Å². The third-order valence-corrected chi connectivity index (χ3v) is 5.38. The van der Waals surface area contributed by atoms with Crippen molar-refractivity contribution in [1.29, 1.82) is 0 Å². The molecule has 152 valence electrons. The van der Waals surface area contributed by atoms with Crippen LogP contribution in [0.2, 0.25) is 0 Å². The Labute approximate surface area is 179 Å². The van der Waals surface area contributed by atoms with Crippen molar-refractivity contribution in [2.45, 2.75) is 20.4 Å². The molecule has 6 nitrogen and oxygen atoms in total. The van der Waals surface area contributed by atoms with Gasteiger partial charge in [-0.15, -0.1) is 0 Å². The summed E-state index contributed by atoms with van der Waals surface area (Å²) < 4.78 is 1.90. The summed E-state index contributed by atoms with van der Waals surface area (Å²) in [6, 6.07) is 23.7. The molecule has 0 fully saturated rings. The second kappa shape index (κ2) is 7.65. The van der Waals surface area contributed by atoms with Gasteiger partial charge in [-0.2, -0.15) is 5.10 Å². The molecule has 0 bridgehead atoms. The van der Waals surface area contributed by atoms with Crippen LogP contribution in [0.3, 0.4) is 0 Å². The number of fused-ring (bicyclic) bond motifs is 4. The van der Waals surface area contributed by atoms with E-state index < -0.39 is 0 Å². The highest BCUT2D eigenvalue weighted by Gasteiger charge is 2.16. The SMILES string of the molecule is C/C(=N/NC(=O)Cn1c2ccccc2c2nc3ccccc3nc21)c1ccc(C)cc1. The molecule has 0 aliphatic heterocycles. The van der Waals surface area contributed by atoms with Gasteiger partial charge in [-0.3, -0.25) is 4.79 Å². The number of nitrogens with zero attached hydrogens (tertiary/aromatic N) is 4. The average molecular weight is 407 g/mol. The second-order valence-electron chi connectivity index (χ2n) is 7.59. The highest BCUT2D eigenvalue weighted by molar-refractivity contribution is 6.07. The lowest BCUT2D eigenvalue weighted by molar-refractivity contribution is -0.121. The van der Waals surface area contributed by atoms with E-state index in [1.54, 1.807) is 0 Å². The van der Waals surface area contributed by atoms with Crippen molar-refractivity contribution in [2.75, 3.05) is 0 Å². The Morgan fingerprint density at radius 1 is 0.935 bits per heavy atom. The van der Waals surface area contributed by atoms with E-state index in [1.807, 2.05) is 91.2 Å². The summed E-state index contributed by atoms with van der Waals surface area (Å²) in [6.45, 7) is 4.01. The fourth-order valence-electron chi connectivity index (χ4n) is 3.73. The molecular weight excluding hydrogens is 386 g/mol. The van der Waals surface area contributed by atoms with Gasteiger partial charge in [0.2, 0.25) is 0 Å². The Hall–Kier alpha value is -4.06. The fraction of sp³-hybridized carbons (Fsp3) is 0.120. The molecule has 0 unspecified atom stereocenters. The molecule has 0 radical (unpaired) electrons. The zero-order valence-electron chi connectivity index (χ0n) is 17.3. The van der Waals surface area contributed by atoms with Crippen LogP contribution in [0, 0.1) is 6.92 Å². The van der Waals surface area contributed by atoms with Crippen LogP contribution in [-0.2, 0) is 11.3 Å². The molecule has 0 saturated carbocycles. The minimum absolute atomic E-state index is 0.0989. The third kappa shape index (κ3) is 3.53. The monoisotopic (exact) mass is 407 g/mol. The molecule has 31 heavy (non-hydrogen) atoms. The van der Waals surface area contributed by atoms with Crippen LogP contribution < -0.4 is 5.43 Å². The lowest BCUT2D eigenvalue weighted by atomic mass is 10.1. The van der Waals surface area contributed by atoms with E-state index >= 15 is 0 Å². The molecule has 2 aromatic heterocycles. The van der Waals surface area contributed by atoms with Crippen LogP contribution in [0.1, 0.15) is 18.1 Å². The number of rotatable bonds is 4. The minimum Gasteiger partial charge on any atom is -0.314 e. The Morgan fingerprint density at radius 3 is 2.39 bits per heavy atom. The maximum Gasteiger partial charge on any atom is 0.260 e. The molecule has 3 aromatic carbocycles. The molecule has 1 amide bonds. The Kier molecular flexibility index (Phi) is 4.67. The smallest absolute Gasteiger partial charge is 0.260 e. The standard InChI is InChI=1S/C25H21N5O/c1-16-11-13-18(14-12-16)17(2)28-29-23(31)15-30-22-10-6-3-7-19(22)24-25(30)27-21-9-5-4-8-20(21)26-24/h3-14H,15H2,1-2H3,(H,29,31)/b28-17-.